The second-order valence-corrected chi connectivity index (χ2v) is 5.95. The average Bonchev–Trinajstić information content (AvgIpc) is 2.54. The number of hydrogen-bond donors (Lipinski definition) is 1. The van der Waals surface area contributed by atoms with E-state index >= 15 is 0 Å². The number of thioether (sulfide) groups is 1. The molecule has 0 aliphatic carbocycles. The molecule has 0 aromatic heterocycles. The second-order valence-electron chi connectivity index (χ2n) is 4.97. The van der Waals surface area contributed by atoms with Crippen LogP contribution in [0.2, 0.25) is 0 Å². The molecule has 0 saturated carbocycles. The van der Waals surface area contributed by atoms with Crippen LogP contribution in [-0.4, -0.2) is 22.2 Å². The van der Waals surface area contributed by atoms with E-state index < -0.39 is 29.1 Å². The van der Waals surface area contributed by atoms with Crippen LogP contribution in [0.3, 0.4) is 0 Å². The Bertz CT molecular complexity index is 629. The molecule has 2 aromatic carbocycles. The minimum absolute atomic E-state index is 0.185. The first kappa shape index (κ1) is 17.6. The topological polar surface area (TPSA) is 37.3 Å². The van der Waals surface area contributed by atoms with Crippen LogP contribution in [0.4, 0.5) is 13.2 Å². The van der Waals surface area contributed by atoms with Crippen molar-refractivity contribution in [2.24, 2.45) is 0 Å². The van der Waals surface area contributed by atoms with Crippen LogP contribution in [0.5, 0.6) is 0 Å². The zero-order valence-corrected chi connectivity index (χ0v) is 12.8. The molecule has 0 fully saturated rings. The third kappa shape index (κ3) is 5.11. The largest absolute Gasteiger partial charge is 0.398 e. The minimum Gasteiger partial charge on any atom is -0.387 e. The molecule has 0 aliphatic rings. The fourth-order valence-corrected chi connectivity index (χ4v) is 2.94. The van der Waals surface area contributed by atoms with Crippen molar-refractivity contribution in [2.45, 2.75) is 18.2 Å². The van der Waals surface area contributed by atoms with Crippen LogP contribution in [0.25, 0.3) is 0 Å². The molecule has 0 heterocycles. The van der Waals surface area contributed by atoms with Gasteiger partial charge in [0.2, 0.25) is 0 Å². The van der Waals surface area contributed by atoms with Crippen molar-refractivity contribution < 1.29 is 23.1 Å². The summed E-state index contributed by atoms with van der Waals surface area (Å²) in [5.41, 5.74) is 0.978. The molecule has 2 rings (SSSR count). The third-order valence-corrected chi connectivity index (χ3v) is 4.26. The number of halogens is 3. The van der Waals surface area contributed by atoms with E-state index in [1.165, 1.54) is 0 Å². The molecule has 0 radical (unpaired) electrons. The fraction of sp³-hybridized carbons (Fsp3) is 0.235. The number of carbonyl (C=O) groups is 1. The normalized spacial score (nSPS) is 14.3. The summed E-state index contributed by atoms with van der Waals surface area (Å²) in [5, 5.41) is 9.81. The van der Waals surface area contributed by atoms with Gasteiger partial charge in [-0.3, -0.25) is 4.79 Å². The van der Waals surface area contributed by atoms with Crippen LogP contribution in [-0.2, 0) is 4.79 Å². The molecule has 1 N–H and O–H groups in total. The Balaban J connectivity index is 2.27. The molecule has 0 bridgehead atoms. The molecule has 0 aliphatic heterocycles. The minimum atomic E-state index is -4.43. The molecular weight excluding hydrogens is 325 g/mol. The van der Waals surface area contributed by atoms with Crippen molar-refractivity contribution in [3.8, 4) is 0 Å². The Hall–Kier alpha value is -1.79. The van der Waals surface area contributed by atoms with Gasteiger partial charge in [0.1, 0.15) is 0 Å². The summed E-state index contributed by atoms with van der Waals surface area (Å²) in [6.45, 7) is 0. The van der Waals surface area contributed by atoms with Crippen molar-refractivity contribution in [3.05, 3.63) is 71.8 Å². The lowest BCUT2D eigenvalue weighted by molar-refractivity contribution is -0.116. The Kier molecular flexibility index (Phi) is 5.85. The summed E-state index contributed by atoms with van der Waals surface area (Å²) >= 11 is 0.185. The zero-order valence-electron chi connectivity index (χ0n) is 12.0. The average molecular weight is 340 g/mol. The first-order chi connectivity index (χ1) is 10.9. The van der Waals surface area contributed by atoms with E-state index in [0.717, 1.165) is 0 Å². The molecule has 0 unspecified atom stereocenters. The van der Waals surface area contributed by atoms with Gasteiger partial charge < -0.3 is 5.11 Å². The number of aliphatic hydroxyl groups excluding tert-OH is 1. The predicted molar refractivity (Wildman–Crippen MR) is 84.1 cm³/mol. The summed E-state index contributed by atoms with van der Waals surface area (Å²) in [7, 11) is 0. The number of hydrogen-bond acceptors (Lipinski definition) is 3. The van der Waals surface area contributed by atoms with Crippen LogP contribution in [0, 0.1) is 0 Å². The van der Waals surface area contributed by atoms with Gasteiger partial charge in [0, 0.05) is 0 Å². The maximum Gasteiger partial charge on any atom is 0.398 e. The lowest BCUT2D eigenvalue weighted by Gasteiger charge is -2.22. The van der Waals surface area contributed by atoms with Gasteiger partial charge in [-0.25, -0.2) is 0 Å². The number of carbonyl (C=O) groups excluding carboxylic acids is 1. The molecule has 6 heteroatoms. The lowest BCUT2D eigenvalue weighted by Crippen LogP contribution is -2.21. The van der Waals surface area contributed by atoms with Gasteiger partial charge in [-0.1, -0.05) is 72.4 Å². The Morgan fingerprint density at radius 3 is 1.91 bits per heavy atom. The van der Waals surface area contributed by atoms with Crippen LogP contribution >= 0.6 is 11.8 Å². The molecule has 122 valence electrons. The molecule has 0 spiro atoms. The Morgan fingerprint density at radius 2 is 1.43 bits per heavy atom. The van der Waals surface area contributed by atoms with E-state index in [-0.39, 0.29) is 11.8 Å². The Morgan fingerprint density at radius 1 is 0.957 bits per heavy atom. The van der Waals surface area contributed by atoms with Gasteiger partial charge in [0.15, 0.2) is 5.12 Å². The highest BCUT2D eigenvalue weighted by Gasteiger charge is 2.34. The summed E-state index contributed by atoms with van der Waals surface area (Å²) in [6.07, 6.45) is -5.63. The van der Waals surface area contributed by atoms with E-state index in [0.29, 0.717) is 11.1 Å². The zero-order chi connectivity index (χ0) is 16.9. The highest BCUT2D eigenvalue weighted by Crippen LogP contribution is 2.36. The van der Waals surface area contributed by atoms with Crippen molar-refractivity contribution in [1.82, 2.24) is 0 Å². The quantitative estimate of drug-likeness (QED) is 0.880. The molecular formula is C17H15F3O2S. The predicted octanol–water partition coefficient (Wildman–Crippen LogP) is 4.33. The maximum absolute atomic E-state index is 12.4. The first-order valence-corrected chi connectivity index (χ1v) is 7.88. The van der Waals surface area contributed by atoms with Crippen LogP contribution in [0.1, 0.15) is 23.1 Å². The molecule has 2 atom stereocenters. The summed E-state index contributed by atoms with van der Waals surface area (Å²) < 4.78 is 37.1. The lowest BCUT2D eigenvalue weighted by atomic mass is 9.90. The third-order valence-electron chi connectivity index (χ3n) is 3.25. The van der Waals surface area contributed by atoms with E-state index in [2.05, 4.69) is 0 Å². The maximum atomic E-state index is 12.4. The van der Waals surface area contributed by atoms with E-state index in [1.54, 1.807) is 60.7 Å². The van der Waals surface area contributed by atoms with Gasteiger partial charge >= 0.3 is 6.18 Å². The summed E-state index contributed by atoms with van der Waals surface area (Å²) in [6, 6.07) is 16.8. The van der Waals surface area contributed by atoms with Gasteiger partial charge in [-0.15, -0.1) is 0 Å². The van der Waals surface area contributed by atoms with Crippen LogP contribution in [0.15, 0.2) is 60.7 Å². The molecule has 0 saturated heterocycles. The van der Waals surface area contributed by atoms with Gasteiger partial charge in [-0.2, -0.15) is 13.2 Å². The van der Waals surface area contributed by atoms with Crippen molar-refractivity contribution in [1.29, 1.82) is 0 Å². The Labute approximate surface area is 136 Å². The highest BCUT2D eigenvalue weighted by atomic mass is 32.2. The smallest absolute Gasteiger partial charge is 0.387 e. The number of aliphatic hydroxyl groups is 1. The van der Waals surface area contributed by atoms with Gasteiger partial charge in [0.25, 0.3) is 0 Å². The molecule has 23 heavy (non-hydrogen) atoms. The molecule has 2 aromatic rings. The second kappa shape index (κ2) is 7.66. The highest BCUT2D eigenvalue weighted by molar-refractivity contribution is 8.13. The summed E-state index contributed by atoms with van der Waals surface area (Å²) in [4.78, 5) is 12.3. The molecule has 2 nitrogen and oxygen atoms in total. The van der Waals surface area contributed by atoms with Crippen molar-refractivity contribution in [2.75, 3.05) is 5.75 Å². The van der Waals surface area contributed by atoms with E-state index in [9.17, 15) is 23.1 Å². The number of rotatable bonds is 5. The molecule has 0 amide bonds. The fourth-order valence-electron chi connectivity index (χ4n) is 2.19. The summed E-state index contributed by atoms with van der Waals surface area (Å²) in [5.74, 6) is -2.32. The number of benzene rings is 2. The monoisotopic (exact) mass is 340 g/mol. The van der Waals surface area contributed by atoms with E-state index in [1.807, 2.05) is 0 Å². The van der Waals surface area contributed by atoms with Crippen molar-refractivity contribution >= 4 is 16.9 Å². The van der Waals surface area contributed by atoms with Gasteiger partial charge in [0.05, 0.1) is 17.8 Å². The standard InChI is InChI=1S/C17H15F3O2S/c18-17(19,20)11-23-16(22)14(12-7-3-1-4-8-12)15(21)13-9-5-2-6-10-13/h1-10,14-15,21H,11H2/t14-,15+/m0/s1. The first-order valence-electron chi connectivity index (χ1n) is 6.90. The van der Waals surface area contributed by atoms with Crippen LogP contribution < -0.4 is 0 Å². The van der Waals surface area contributed by atoms with Crippen molar-refractivity contribution in [3.63, 3.8) is 0 Å². The number of alkyl halides is 3. The van der Waals surface area contributed by atoms with Gasteiger partial charge in [-0.05, 0) is 11.1 Å². The SMILES string of the molecule is O=C(SCC(F)(F)F)[C@@H](c1ccccc1)[C@H](O)c1ccccc1. The van der Waals surface area contributed by atoms with E-state index in [4.69, 9.17) is 0 Å².